The molecule has 10 nitrogen and oxygen atoms in total. The van der Waals surface area contributed by atoms with Gasteiger partial charge in [-0.05, 0) is 65.7 Å². The number of sulfonamides is 1. The fourth-order valence-electron chi connectivity index (χ4n) is 5.51. The van der Waals surface area contributed by atoms with Crippen molar-refractivity contribution in [3.05, 3.63) is 120 Å². The van der Waals surface area contributed by atoms with Crippen LogP contribution in [-0.4, -0.2) is 45.7 Å². The quantitative estimate of drug-likeness (QED) is 0.147. The number of carbonyl (C=O) groups excluding carboxylic acids is 1. The summed E-state index contributed by atoms with van der Waals surface area (Å²) in [5, 5.41) is 11.3. The van der Waals surface area contributed by atoms with Gasteiger partial charge in [-0.15, -0.1) is 0 Å². The first-order valence-electron chi connectivity index (χ1n) is 14.7. The van der Waals surface area contributed by atoms with Gasteiger partial charge in [0.1, 0.15) is 17.0 Å². The van der Waals surface area contributed by atoms with E-state index >= 15 is 0 Å². The highest BCUT2D eigenvalue weighted by Crippen LogP contribution is 2.34. The first-order chi connectivity index (χ1) is 22.7. The molecule has 0 unspecified atom stereocenters. The van der Waals surface area contributed by atoms with Gasteiger partial charge in [0.05, 0.1) is 35.3 Å². The summed E-state index contributed by atoms with van der Waals surface area (Å²) in [6, 6.07) is 29.0. The third-order valence-corrected chi connectivity index (χ3v) is 8.30. The Hall–Kier alpha value is -5.72. The van der Waals surface area contributed by atoms with E-state index in [0.29, 0.717) is 45.1 Å². The lowest BCUT2D eigenvalue weighted by molar-refractivity contribution is -0.115. The van der Waals surface area contributed by atoms with Gasteiger partial charge in [0, 0.05) is 40.5 Å². The molecule has 47 heavy (non-hydrogen) atoms. The van der Waals surface area contributed by atoms with E-state index in [2.05, 4.69) is 30.2 Å². The molecular formula is C35H28FN7O3S. The van der Waals surface area contributed by atoms with E-state index in [1.165, 1.54) is 12.1 Å². The van der Waals surface area contributed by atoms with Crippen LogP contribution in [0.2, 0.25) is 0 Å². The molecule has 0 aliphatic carbocycles. The molecule has 7 aromatic rings. The molecule has 1 amide bonds. The van der Waals surface area contributed by atoms with Gasteiger partial charge in [-0.2, -0.15) is 5.10 Å². The predicted molar refractivity (Wildman–Crippen MR) is 180 cm³/mol. The first-order valence-corrected chi connectivity index (χ1v) is 16.6. The number of nitrogens with zero attached hydrogens (tertiary/aromatic N) is 3. The standard InChI is InChI=1S/C35H28FN7O3S/c1-47(45,46)38-20-22-14-24(17-25(36)15-22)33-27-19-31(40-29(27)12-13-37-33)35-34-30(42-43-35)11-10-28(41-34)23-8-5-9-26(18-23)39-32(44)16-21-6-3-2-4-7-21/h2-15,17-19,38,40H,16,20H2,1H3,(H,39,44)(H,42,43). The van der Waals surface area contributed by atoms with Gasteiger partial charge in [-0.3, -0.25) is 14.9 Å². The van der Waals surface area contributed by atoms with Gasteiger partial charge in [0.15, 0.2) is 0 Å². The number of halogens is 1. The van der Waals surface area contributed by atoms with Gasteiger partial charge in [0.2, 0.25) is 15.9 Å². The van der Waals surface area contributed by atoms with Crippen molar-refractivity contribution in [3.8, 4) is 33.9 Å². The second kappa shape index (κ2) is 12.2. The van der Waals surface area contributed by atoms with Crippen LogP contribution in [0.1, 0.15) is 11.1 Å². The lowest BCUT2D eigenvalue weighted by atomic mass is 10.0. The van der Waals surface area contributed by atoms with Crippen LogP contribution < -0.4 is 10.0 Å². The van der Waals surface area contributed by atoms with Gasteiger partial charge in [0.25, 0.3) is 0 Å². The van der Waals surface area contributed by atoms with Crippen molar-refractivity contribution in [3.63, 3.8) is 0 Å². The Balaban J connectivity index is 1.20. The van der Waals surface area contributed by atoms with Gasteiger partial charge < -0.3 is 10.3 Å². The number of amides is 1. The van der Waals surface area contributed by atoms with Crippen LogP contribution in [0.4, 0.5) is 10.1 Å². The minimum atomic E-state index is -3.45. The minimum absolute atomic E-state index is 0.0474. The number of carbonyl (C=O) groups is 1. The lowest BCUT2D eigenvalue weighted by Gasteiger charge is -2.08. The van der Waals surface area contributed by atoms with Crippen LogP contribution in [0.3, 0.4) is 0 Å². The normalized spacial score (nSPS) is 11.7. The van der Waals surface area contributed by atoms with Crippen LogP contribution in [-0.2, 0) is 27.8 Å². The van der Waals surface area contributed by atoms with Crippen molar-refractivity contribution >= 4 is 43.6 Å². The number of rotatable bonds is 9. The second-order valence-corrected chi connectivity index (χ2v) is 13.0. The second-order valence-electron chi connectivity index (χ2n) is 11.2. The number of pyridine rings is 2. The summed E-state index contributed by atoms with van der Waals surface area (Å²) in [4.78, 5) is 25.5. The molecule has 0 aliphatic heterocycles. The van der Waals surface area contributed by atoms with E-state index < -0.39 is 15.8 Å². The summed E-state index contributed by atoms with van der Waals surface area (Å²) in [7, 11) is -3.45. The Labute approximate surface area is 269 Å². The van der Waals surface area contributed by atoms with E-state index in [9.17, 15) is 17.6 Å². The van der Waals surface area contributed by atoms with Gasteiger partial charge in [-0.25, -0.2) is 22.5 Å². The average molecular weight is 646 g/mol. The topological polar surface area (TPSA) is 146 Å². The van der Waals surface area contributed by atoms with Crippen LogP contribution in [0.15, 0.2) is 103 Å². The Bertz CT molecular complexity index is 2390. The molecule has 0 atom stereocenters. The van der Waals surface area contributed by atoms with Crippen LogP contribution in [0, 0.1) is 5.82 Å². The van der Waals surface area contributed by atoms with E-state index in [1.807, 2.05) is 78.9 Å². The number of anilines is 1. The Morgan fingerprint density at radius 2 is 1.70 bits per heavy atom. The van der Waals surface area contributed by atoms with Crippen molar-refractivity contribution in [2.75, 3.05) is 11.6 Å². The maximum atomic E-state index is 14.6. The lowest BCUT2D eigenvalue weighted by Crippen LogP contribution is -2.21. The molecule has 0 aliphatic rings. The molecule has 234 valence electrons. The molecule has 4 N–H and O–H groups in total. The largest absolute Gasteiger partial charge is 0.353 e. The zero-order valence-electron chi connectivity index (χ0n) is 25.1. The van der Waals surface area contributed by atoms with Crippen LogP contribution in [0.25, 0.3) is 55.8 Å². The van der Waals surface area contributed by atoms with Crippen molar-refractivity contribution in [2.45, 2.75) is 13.0 Å². The third-order valence-electron chi connectivity index (χ3n) is 7.63. The first kappa shape index (κ1) is 30.0. The number of aromatic amines is 2. The molecule has 0 radical (unpaired) electrons. The summed E-state index contributed by atoms with van der Waals surface area (Å²) in [6.07, 6.45) is 2.95. The Morgan fingerprint density at radius 1 is 0.851 bits per heavy atom. The third kappa shape index (κ3) is 6.64. The fraction of sp³-hybridized carbons (Fsp3) is 0.0857. The summed E-state index contributed by atoms with van der Waals surface area (Å²) in [5.41, 5.74) is 8.05. The molecule has 0 bridgehead atoms. The zero-order valence-corrected chi connectivity index (χ0v) is 25.9. The number of hydrogen-bond donors (Lipinski definition) is 4. The highest BCUT2D eigenvalue weighted by atomic mass is 32.2. The monoisotopic (exact) mass is 645 g/mol. The number of fused-ring (bicyclic) bond motifs is 2. The molecular weight excluding hydrogens is 617 g/mol. The molecule has 0 saturated heterocycles. The molecule has 0 saturated carbocycles. The number of nitrogens with one attached hydrogen (secondary N) is 4. The molecule has 0 fully saturated rings. The molecule has 4 heterocycles. The highest BCUT2D eigenvalue weighted by Gasteiger charge is 2.17. The van der Waals surface area contributed by atoms with Crippen molar-refractivity contribution in [2.24, 2.45) is 0 Å². The summed E-state index contributed by atoms with van der Waals surface area (Å²) < 4.78 is 40.2. The summed E-state index contributed by atoms with van der Waals surface area (Å²) >= 11 is 0. The SMILES string of the molecule is CS(=O)(=O)NCc1cc(F)cc(-c2nccc3[nH]c(-c4n[nH]c5ccc(-c6cccc(NC(=O)Cc7ccccc7)c6)nc45)cc23)c1. The van der Waals surface area contributed by atoms with E-state index in [1.54, 1.807) is 12.3 Å². The summed E-state index contributed by atoms with van der Waals surface area (Å²) in [6.45, 7) is -0.0474. The average Bonchev–Trinajstić information content (AvgIpc) is 3.68. The Kier molecular flexibility index (Phi) is 7.80. The van der Waals surface area contributed by atoms with E-state index in [0.717, 1.165) is 33.8 Å². The number of H-pyrrole nitrogens is 2. The van der Waals surface area contributed by atoms with Gasteiger partial charge in [-0.1, -0.05) is 42.5 Å². The molecule has 3 aromatic carbocycles. The highest BCUT2D eigenvalue weighted by molar-refractivity contribution is 7.88. The van der Waals surface area contributed by atoms with Crippen molar-refractivity contribution in [1.82, 2.24) is 29.9 Å². The molecule has 4 aromatic heterocycles. The maximum Gasteiger partial charge on any atom is 0.228 e. The zero-order chi connectivity index (χ0) is 32.5. The maximum absolute atomic E-state index is 14.6. The fourth-order valence-corrected chi connectivity index (χ4v) is 5.93. The smallest absolute Gasteiger partial charge is 0.228 e. The van der Waals surface area contributed by atoms with Crippen molar-refractivity contribution in [1.29, 1.82) is 0 Å². The van der Waals surface area contributed by atoms with Gasteiger partial charge >= 0.3 is 0 Å². The number of benzene rings is 3. The van der Waals surface area contributed by atoms with E-state index in [-0.39, 0.29) is 18.9 Å². The van der Waals surface area contributed by atoms with Crippen LogP contribution in [0.5, 0.6) is 0 Å². The van der Waals surface area contributed by atoms with Crippen LogP contribution >= 0.6 is 0 Å². The Morgan fingerprint density at radius 3 is 2.53 bits per heavy atom. The molecule has 12 heteroatoms. The molecule has 7 rings (SSSR count). The number of hydrogen-bond acceptors (Lipinski definition) is 6. The number of aromatic nitrogens is 5. The van der Waals surface area contributed by atoms with Crippen molar-refractivity contribution < 1.29 is 17.6 Å². The van der Waals surface area contributed by atoms with E-state index in [4.69, 9.17) is 4.98 Å². The minimum Gasteiger partial charge on any atom is -0.353 e. The summed E-state index contributed by atoms with van der Waals surface area (Å²) in [5.74, 6) is -0.612. The predicted octanol–water partition coefficient (Wildman–Crippen LogP) is 6.20. The molecule has 0 spiro atoms.